The standard InChI is InChI=1S/C12H20N4O/c1-14-6-7-15(2)10(9-14)8-12(17)11-4-5-16(3)13-11/h4-5,10H,6-9H2,1-3H3. The van der Waals surface area contributed by atoms with Gasteiger partial charge in [-0.2, -0.15) is 5.10 Å². The first-order valence-electron chi connectivity index (χ1n) is 5.98. The SMILES string of the molecule is CN1CCN(C)C(CC(=O)c2ccn(C)n2)C1. The normalized spacial score (nSPS) is 22.9. The van der Waals surface area contributed by atoms with Crippen LogP contribution in [-0.2, 0) is 7.05 Å². The van der Waals surface area contributed by atoms with Gasteiger partial charge in [-0.05, 0) is 20.2 Å². The van der Waals surface area contributed by atoms with Crippen molar-refractivity contribution < 1.29 is 4.79 Å². The van der Waals surface area contributed by atoms with Crippen molar-refractivity contribution in [3.05, 3.63) is 18.0 Å². The Morgan fingerprint density at radius 1 is 1.41 bits per heavy atom. The molecule has 0 aliphatic carbocycles. The second kappa shape index (κ2) is 4.98. The third-order valence-corrected chi connectivity index (χ3v) is 3.40. The fourth-order valence-electron chi connectivity index (χ4n) is 2.20. The van der Waals surface area contributed by atoms with Crippen molar-refractivity contribution in [2.45, 2.75) is 12.5 Å². The van der Waals surface area contributed by atoms with Crippen molar-refractivity contribution in [2.24, 2.45) is 7.05 Å². The van der Waals surface area contributed by atoms with E-state index in [0.717, 1.165) is 19.6 Å². The molecule has 1 saturated heterocycles. The largest absolute Gasteiger partial charge is 0.304 e. The van der Waals surface area contributed by atoms with Crippen LogP contribution in [0.5, 0.6) is 0 Å². The van der Waals surface area contributed by atoms with Crippen LogP contribution in [0.3, 0.4) is 0 Å². The van der Waals surface area contributed by atoms with Gasteiger partial charge in [-0.25, -0.2) is 0 Å². The number of piperazine rings is 1. The van der Waals surface area contributed by atoms with E-state index in [1.54, 1.807) is 10.7 Å². The highest BCUT2D eigenvalue weighted by Gasteiger charge is 2.25. The van der Waals surface area contributed by atoms with Crippen molar-refractivity contribution in [2.75, 3.05) is 33.7 Å². The molecule has 0 amide bonds. The van der Waals surface area contributed by atoms with E-state index in [4.69, 9.17) is 0 Å². The van der Waals surface area contributed by atoms with E-state index in [2.05, 4.69) is 29.0 Å². The van der Waals surface area contributed by atoms with Crippen LogP contribution in [0.4, 0.5) is 0 Å². The molecule has 1 atom stereocenters. The zero-order chi connectivity index (χ0) is 12.4. The summed E-state index contributed by atoms with van der Waals surface area (Å²) < 4.78 is 1.67. The lowest BCUT2D eigenvalue weighted by atomic mass is 10.0. The van der Waals surface area contributed by atoms with E-state index in [1.165, 1.54) is 0 Å². The van der Waals surface area contributed by atoms with E-state index in [9.17, 15) is 4.79 Å². The second-order valence-corrected chi connectivity index (χ2v) is 4.90. The maximum Gasteiger partial charge on any atom is 0.184 e. The molecule has 0 aromatic carbocycles. The summed E-state index contributed by atoms with van der Waals surface area (Å²) in [5.41, 5.74) is 0.578. The minimum absolute atomic E-state index is 0.137. The Hall–Kier alpha value is -1.20. The van der Waals surface area contributed by atoms with E-state index in [0.29, 0.717) is 18.2 Å². The third kappa shape index (κ3) is 2.92. The van der Waals surface area contributed by atoms with E-state index < -0.39 is 0 Å². The number of carbonyl (C=O) groups is 1. The molecule has 1 unspecified atom stereocenters. The lowest BCUT2D eigenvalue weighted by Gasteiger charge is -2.37. The molecule has 94 valence electrons. The summed E-state index contributed by atoms with van der Waals surface area (Å²) in [6, 6.07) is 2.10. The van der Waals surface area contributed by atoms with Gasteiger partial charge in [0.1, 0.15) is 5.69 Å². The highest BCUT2D eigenvalue weighted by atomic mass is 16.1. The molecule has 2 heterocycles. The van der Waals surface area contributed by atoms with Gasteiger partial charge in [0.05, 0.1) is 0 Å². The summed E-state index contributed by atoms with van der Waals surface area (Å²) in [6.45, 7) is 3.05. The minimum Gasteiger partial charge on any atom is -0.304 e. The number of aromatic nitrogens is 2. The van der Waals surface area contributed by atoms with E-state index in [-0.39, 0.29) is 5.78 Å². The van der Waals surface area contributed by atoms with E-state index >= 15 is 0 Å². The monoisotopic (exact) mass is 236 g/mol. The molecule has 1 aliphatic heterocycles. The highest BCUT2D eigenvalue weighted by molar-refractivity contribution is 5.94. The Labute approximate surface area is 102 Å². The smallest absolute Gasteiger partial charge is 0.184 e. The molecule has 0 radical (unpaired) electrons. The summed E-state index contributed by atoms with van der Waals surface area (Å²) >= 11 is 0. The number of hydrogen-bond acceptors (Lipinski definition) is 4. The average Bonchev–Trinajstić information content (AvgIpc) is 2.70. The molecule has 5 nitrogen and oxygen atoms in total. The Kier molecular flexibility index (Phi) is 3.59. The molecule has 1 aromatic rings. The molecule has 0 saturated carbocycles. The molecular weight excluding hydrogens is 216 g/mol. The van der Waals surface area contributed by atoms with Crippen molar-refractivity contribution >= 4 is 5.78 Å². The predicted octanol–water partition coefficient (Wildman–Crippen LogP) is 0.239. The van der Waals surface area contributed by atoms with Gasteiger partial charge in [-0.3, -0.25) is 9.48 Å². The van der Waals surface area contributed by atoms with Gasteiger partial charge in [0.15, 0.2) is 5.78 Å². The molecule has 5 heteroatoms. The van der Waals surface area contributed by atoms with Crippen LogP contribution in [0, 0.1) is 0 Å². The quantitative estimate of drug-likeness (QED) is 0.705. The zero-order valence-electron chi connectivity index (χ0n) is 10.8. The summed E-state index contributed by atoms with van der Waals surface area (Å²) in [7, 11) is 6.02. The van der Waals surface area contributed by atoms with Crippen molar-refractivity contribution in [3.63, 3.8) is 0 Å². The fourth-order valence-corrected chi connectivity index (χ4v) is 2.20. The fraction of sp³-hybridized carbons (Fsp3) is 0.667. The van der Waals surface area contributed by atoms with Crippen LogP contribution in [0.25, 0.3) is 0 Å². The number of likely N-dealkylation sites (N-methyl/N-ethyl adjacent to an activating group) is 2. The first kappa shape index (κ1) is 12.3. The second-order valence-electron chi connectivity index (χ2n) is 4.90. The lowest BCUT2D eigenvalue weighted by molar-refractivity contribution is 0.0805. The van der Waals surface area contributed by atoms with Crippen molar-refractivity contribution in [3.8, 4) is 0 Å². The number of Topliss-reactive ketones (excluding diaryl/α,β-unsaturated/α-hetero) is 1. The summed E-state index contributed by atoms with van der Waals surface area (Å²) in [5.74, 6) is 0.137. The number of nitrogens with zero attached hydrogens (tertiary/aromatic N) is 4. The minimum atomic E-state index is 0.137. The molecular formula is C12H20N4O. The Balaban J connectivity index is 1.98. The van der Waals surface area contributed by atoms with Crippen LogP contribution >= 0.6 is 0 Å². The van der Waals surface area contributed by atoms with Gasteiger partial charge < -0.3 is 9.80 Å². The van der Waals surface area contributed by atoms with Gasteiger partial charge in [-0.15, -0.1) is 0 Å². The van der Waals surface area contributed by atoms with Crippen LogP contribution in [0.15, 0.2) is 12.3 Å². The van der Waals surface area contributed by atoms with Crippen LogP contribution < -0.4 is 0 Å². The maximum atomic E-state index is 12.1. The zero-order valence-corrected chi connectivity index (χ0v) is 10.8. The predicted molar refractivity (Wildman–Crippen MR) is 66.1 cm³/mol. The van der Waals surface area contributed by atoms with Gasteiger partial charge >= 0.3 is 0 Å². The van der Waals surface area contributed by atoms with Crippen LogP contribution in [0.2, 0.25) is 0 Å². The molecule has 1 fully saturated rings. The Morgan fingerprint density at radius 2 is 2.18 bits per heavy atom. The average molecular weight is 236 g/mol. The molecule has 0 spiro atoms. The number of hydrogen-bond donors (Lipinski definition) is 0. The lowest BCUT2D eigenvalue weighted by Crippen LogP contribution is -2.50. The number of rotatable bonds is 3. The van der Waals surface area contributed by atoms with Gasteiger partial charge in [-0.1, -0.05) is 0 Å². The van der Waals surface area contributed by atoms with Crippen molar-refractivity contribution in [1.82, 2.24) is 19.6 Å². The summed E-state index contributed by atoms with van der Waals surface area (Å²) in [4.78, 5) is 16.6. The summed E-state index contributed by atoms with van der Waals surface area (Å²) in [5, 5.41) is 4.16. The molecule has 0 bridgehead atoms. The highest BCUT2D eigenvalue weighted by Crippen LogP contribution is 2.12. The van der Waals surface area contributed by atoms with Crippen LogP contribution in [0.1, 0.15) is 16.9 Å². The topological polar surface area (TPSA) is 41.4 Å². The number of ketones is 1. The molecule has 17 heavy (non-hydrogen) atoms. The van der Waals surface area contributed by atoms with E-state index in [1.807, 2.05) is 13.2 Å². The van der Waals surface area contributed by atoms with Gasteiger partial charge in [0.2, 0.25) is 0 Å². The Morgan fingerprint density at radius 3 is 2.82 bits per heavy atom. The van der Waals surface area contributed by atoms with Gasteiger partial charge in [0, 0.05) is 45.3 Å². The number of aryl methyl sites for hydroxylation is 1. The van der Waals surface area contributed by atoms with Crippen LogP contribution in [-0.4, -0.2) is 65.1 Å². The third-order valence-electron chi connectivity index (χ3n) is 3.40. The summed E-state index contributed by atoms with van der Waals surface area (Å²) in [6.07, 6.45) is 2.36. The maximum absolute atomic E-state index is 12.1. The first-order chi connectivity index (χ1) is 8.06. The number of carbonyl (C=O) groups excluding carboxylic acids is 1. The Bertz CT molecular complexity index is 401. The molecule has 2 rings (SSSR count). The van der Waals surface area contributed by atoms with Crippen molar-refractivity contribution in [1.29, 1.82) is 0 Å². The molecule has 1 aliphatic rings. The molecule has 0 N–H and O–H groups in total. The van der Waals surface area contributed by atoms with Gasteiger partial charge in [0.25, 0.3) is 0 Å². The molecule has 1 aromatic heterocycles. The first-order valence-corrected chi connectivity index (χ1v) is 5.98.